The average Bonchev–Trinajstić information content (AvgIpc) is 2.99. The summed E-state index contributed by atoms with van der Waals surface area (Å²) in [4.78, 5) is 47.5. The van der Waals surface area contributed by atoms with Gasteiger partial charge in [0, 0.05) is 35.2 Å². The first-order chi connectivity index (χ1) is 21.2. The van der Waals surface area contributed by atoms with Gasteiger partial charge in [-0.2, -0.15) is 0 Å². The number of rotatable bonds is 16. The highest BCUT2D eigenvalue weighted by Crippen LogP contribution is 2.35. The summed E-state index contributed by atoms with van der Waals surface area (Å²) in [5.74, 6) is -0.573. The SMILES string of the molecule is C=C(C)C(=O)OCCOCCNC(=O)Oc1cccc2cc3c(cc12)CC=CC3OC(=O)NCCOCCOC(=O)C(=C)C. The van der Waals surface area contributed by atoms with E-state index in [1.54, 1.807) is 26.0 Å². The molecule has 2 amide bonds. The Morgan fingerprint density at radius 3 is 2.05 bits per heavy atom. The van der Waals surface area contributed by atoms with Gasteiger partial charge in [0.2, 0.25) is 0 Å². The van der Waals surface area contributed by atoms with E-state index in [9.17, 15) is 19.2 Å². The summed E-state index contributed by atoms with van der Waals surface area (Å²) >= 11 is 0. The Bertz CT molecular complexity index is 1400. The molecular weight excluding hydrogens is 572 g/mol. The first-order valence-corrected chi connectivity index (χ1v) is 14.1. The van der Waals surface area contributed by atoms with Gasteiger partial charge in [0.25, 0.3) is 0 Å². The largest absolute Gasteiger partial charge is 0.460 e. The fourth-order valence-electron chi connectivity index (χ4n) is 4.00. The Hall–Kier alpha value is -4.68. The molecule has 0 fully saturated rings. The molecule has 0 radical (unpaired) electrons. The Labute approximate surface area is 255 Å². The topological polar surface area (TPSA) is 148 Å². The summed E-state index contributed by atoms with van der Waals surface area (Å²) in [6, 6.07) is 9.20. The van der Waals surface area contributed by atoms with Gasteiger partial charge in [-0.3, -0.25) is 0 Å². The molecule has 12 heteroatoms. The lowest BCUT2D eigenvalue weighted by Gasteiger charge is -2.22. The van der Waals surface area contributed by atoms with Gasteiger partial charge >= 0.3 is 24.1 Å². The van der Waals surface area contributed by atoms with Crippen molar-refractivity contribution >= 4 is 34.9 Å². The number of alkyl carbamates (subject to hydrolysis) is 1. The number of ether oxygens (including phenoxy) is 6. The normalized spacial score (nSPS) is 13.4. The predicted octanol–water partition coefficient (Wildman–Crippen LogP) is 4.08. The molecule has 0 aromatic heterocycles. The summed E-state index contributed by atoms with van der Waals surface area (Å²) in [5, 5.41) is 6.83. The molecule has 3 rings (SSSR count). The zero-order chi connectivity index (χ0) is 31.9. The monoisotopic (exact) mass is 610 g/mol. The first kappa shape index (κ1) is 33.8. The first-order valence-electron chi connectivity index (χ1n) is 14.1. The van der Waals surface area contributed by atoms with Crippen LogP contribution in [0.25, 0.3) is 10.8 Å². The zero-order valence-corrected chi connectivity index (χ0v) is 25.0. The highest BCUT2D eigenvalue weighted by Gasteiger charge is 2.22. The van der Waals surface area contributed by atoms with Crippen LogP contribution in [0.1, 0.15) is 31.1 Å². The minimum absolute atomic E-state index is 0.0922. The van der Waals surface area contributed by atoms with E-state index in [4.69, 9.17) is 28.4 Å². The number of esters is 2. The Morgan fingerprint density at radius 2 is 1.43 bits per heavy atom. The number of benzene rings is 2. The van der Waals surface area contributed by atoms with E-state index in [1.807, 2.05) is 30.4 Å². The molecule has 0 saturated carbocycles. The van der Waals surface area contributed by atoms with Crippen molar-refractivity contribution in [1.29, 1.82) is 0 Å². The van der Waals surface area contributed by atoms with Gasteiger partial charge in [-0.15, -0.1) is 0 Å². The fraction of sp³-hybridized carbons (Fsp3) is 0.375. The quantitative estimate of drug-likeness (QED) is 0.0937. The predicted molar refractivity (Wildman–Crippen MR) is 161 cm³/mol. The molecule has 0 heterocycles. The van der Waals surface area contributed by atoms with E-state index in [2.05, 4.69) is 23.8 Å². The molecule has 12 nitrogen and oxygen atoms in total. The Morgan fingerprint density at radius 1 is 0.818 bits per heavy atom. The van der Waals surface area contributed by atoms with E-state index in [0.29, 0.717) is 23.3 Å². The number of hydrogen-bond acceptors (Lipinski definition) is 10. The Balaban J connectivity index is 1.45. The van der Waals surface area contributed by atoms with Gasteiger partial charge in [-0.1, -0.05) is 31.4 Å². The molecule has 44 heavy (non-hydrogen) atoms. The van der Waals surface area contributed by atoms with Crippen molar-refractivity contribution in [3.63, 3.8) is 0 Å². The highest BCUT2D eigenvalue weighted by molar-refractivity contribution is 5.92. The van der Waals surface area contributed by atoms with Gasteiger partial charge in [-0.05, 0) is 55.5 Å². The van der Waals surface area contributed by atoms with Crippen molar-refractivity contribution in [2.45, 2.75) is 26.4 Å². The molecule has 0 bridgehead atoms. The molecule has 2 aromatic rings. The number of carbonyl (C=O) groups is 4. The summed E-state index contributed by atoms with van der Waals surface area (Å²) < 4.78 is 31.8. The molecule has 0 aliphatic heterocycles. The third kappa shape index (κ3) is 10.9. The molecule has 236 valence electrons. The highest BCUT2D eigenvalue weighted by atomic mass is 16.6. The van der Waals surface area contributed by atoms with E-state index in [1.165, 1.54) is 0 Å². The number of nitrogens with one attached hydrogen (secondary N) is 2. The van der Waals surface area contributed by atoms with Gasteiger partial charge in [0.15, 0.2) is 0 Å². The van der Waals surface area contributed by atoms with Crippen LogP contribution in [0.5, 0.6) is 5.75 Å². The number of hydrogen-bond donors (Lipinski definition) is 2. The van der Waals surface area contributed by atoms with Gasteiger partial charge in [-0.25, -0.2) is 19.2 Å². The molecule has 2 aromatic carbocycles. The fourth-order valence-corrected chi connectivity index (χ4v) is 4.00. The molecule has 1 unspecified atom stereocenters. The number of fused-ring (bicyclic) bond motifs is 2. The summed E-state index contributed by atoms with van der Waals surface area (Å²) in [5.41, 5.74) is 2.39. The van der Waals surface area contributed by atoms with Crippen LogP contribution in [0.2, 0.25) is 0 Å². The van der Waals surface area contributed by atoms with E-state index < -0.39 is 30.2 Å². The minimum atomic E-state index is -0.637. The second-order valence-electron chi connectivity index (χ2n) is 9.79. The molecule has 1 aliphatic carbocycles. The van der Waals surface area contributed by atoms with Crippen molar-refractivity contribution in [2.75, 3.05) is 52.7 Å². The van der Waals surface area contributed by atoms with Crippen LogP contribution in [0.4, 0.5) is 9.59 Å². The van der Waals surface area contributed by atoms with Crippen LogP contribution < -0.4 is 15.4 Å². The van der Waals surface area contributed by atoms with Gasteiger partial charge < -0.3 is 39.1 Å². The van der Waals surface area contributed by atoms with Crippen molar-refractivity contribution in [1.82, 2.24) is 10.6 Å². The standard InChI is InChI=1S/C32H38N2O10/c1-21(2)29(35)41-17-15-39-13-11-33-31(37)43-27-9-5-7-23-20-26-24(19-25(23)27)8-6-10-28(26)44-32(38)34-12-14-40-16-18-42-30(36)22(3)4/h5-7,9-10,19-20,28H,1,3,8,11-18H2,2,4H3,(H,33,37)(H,34,38). The number of amides is 2. The maximum absolute atomic E-state index is 12.4. The lowest BCUT2D eigenvalue weighted by atomic mass is 9.91. The lowest BCUT2D eigenvalue weighted by Crippen LogP contribution is -2.30. The van der Waals surface area contributed by atoms with Gasteiger partial charge in [0.05, 0.1) is 26.4 Å². The molecule has 2 N–H and O–H groups in total. The summed E-state index contributed by atoms with van der Waals surface area (Å²) in [6.45, 7) is 11.6. The van der Waals surface area contributed by atoms with Crippen LogP contribution >= 0.6 is 0 Å². The summed E-state index contributed by atoms with van der Waals surface area (Å²) in [6.07, 6.45) is 2.52. The molecule has 1 aliphatic rings. The van der Waals surface area contributed by atoms with E-state index in [-0.39, 0.29) is 52.7 Å². The average molecular weight is 611 g/mol. The third-order valence-corrected chi connectivity index (χ3v) is 6.14. The number of carbonyl (C=O) groups excluding carboxylic acids is 4. The second kappa shape index (κ2) is 17.4. The summed E-state index contributed by atoms with van der Waals surface area (Å²) in [7, 11) is 0. The van der Waals surface area contributed by atoms with Crippen LogP contribution in [0.15, 0.2) is 66.8 Å². The van der Waals surface area contributed by atoms with E-state index in [0.717, 1.165) is 21.9 Å². The Kier molecular flexibility index (Phi) is 13.4. The van der Waals surface area contributed by atoms with E-state index >= 15 is 0 Å². The maximum atomic E-state index is 12.4. The number of allylic oxidation sites excluding steroid dienone is 1. The van der Waals surface area contributed by atoms with Gasteiger partial charge in [0.1, 0.15) is 25.1 Å². The molecule has 1 atom stereocenters. The second-order valence-corrected chi connectivity index (χ2v) is 9.79. The minimum Gasteiger partial charge on any atom is -0.460 e. The third-order valence-electron chi connectivity index (χ3n) is 6.14. The molecule has 0 saturated heterocycles. The van der Waals surface area contributed by atoms with Crippen molar-refractivity contribution in [3.05, 3.63) is 77.9 Å². The van der Waals surface area contributed by atoms with Crippen molar-refractivity contribution in [3.8, 4) is 5.75 Å². The zero-order valence-electron chi connectivity index (χ0n) is 25.0. The maximum Gasteiger partial charge on any atom is 0.412 e. The van der Waals surface area contributed by atoms with Crippen molar-refractivity contribution in [2.24, 2.45) is 0 Å². The van der Waals surface area contributed by atoms with Crippen LogP contribution in [0.3, 0.4) is 0 Å². The van der Waals surface area contributed by atoms with Crippen molar-refractivity contribution < 1.29 is 47.6 Å². The van der Waals surface area contributed by atoms with Crippen LogP contribution in [-0.2, 0) is 39.7 Å². The molecule has 0 spiro atoms. The lowest BCUT2D eigenvalue weighted by molar-refractivity contribution is -0.141. The van der Waals surface area contributed by atoms with Crippen LogP contribution in [-0.4, -0.2) is 76.9 Å². The molecular formula is C32H38N2O10. The van der Waals surface area contributed by atoms with Crippen LogP contribution in [0, 0.1) is 0 Å². The smallest absolute Gasteiger partial charge is 0.412 e.